The Morgan fingerprint density at radius 3 is 2.05 bits per heavy atom. The highest BCUT2D eigenvalue weighted by atomic mass is 127. The third kappa shape index (κ3) is 18.0. The minimum Gasteiger partial charge on any atom is -0.449 e. The molecule has 41 heavy (non-hydrogen) atoms. The van der Waals surface area contributed by atoms with Gasteiger partial charge in [0.05, 0.1) is 38.2 Å². The predicted molar refractivity (Wildman–Crippen MR) is 173 cm³/mol. The first-order valence-electron chi connectivity index (χ1n) is 15.8. The van der Waals surface area contributed by atoms with Crippen LogP contribution in [0, 0.1) is 5.92 Å². The van der Waals surface area contributed by atoms with Gasteiger partial charge in [-0.25, -0.2) is 14.5 Å². The van der Waals surface area contributed by atoms with Crippen molar-refractivity contribution in [2.75, 3.05) is 33.0 Å². The smallest absolute Gasteiger partial charge is 0.419 e. The first-order chi connectivity index (χ1) is 19.6. The number of pyridine rings is 1. The fourth-order valence-electron chi connectivity index (χ4n) is 4.96. The molecule has 1 saturated heterocycles. The van der Waals surface area contributed by atoms with E-state index >= 15 is 0 Å². The van der Waals surface area contributed by atoms with Gasteiger partial charge in [0.1, 0.15) is 6.61 Å². The van der Waals surface area contributed by atoms with Crippen LogP contribution in [0.3, 0.4) is 0 Å². The van der Waals surface area contributed by atoms with Crippen molar-refractivity contribution in [3.8, 4) is 0 Å². The summed E-state index contributed by atoms with van der Waals surface area (Å²) in [7, 11) is 0. The molecule has 1 aliphatic rings. The summed E-state index contributed by atoms with van der Waals surface area (Å²) in [5.41, 5.74) is 0.570. The highest BCUT2D eigenvalue weighted by Gasteiger charge is 2.30. The van der Waals surface area contributed by atoms with E-state index in [-0.39, 0.29) is 49.8 Å². The van der Waals surface area contributed by atoms with Gasteiger partial charge in [0, 0.05) is 18.7 Å². The van der Waals surface area contributed by atoms with Gasteiger partial charge in [0.25, 0.3) is 0 Å². The molecule has 0 unspecified atom stereocenters. The molecule has 0 bridgehead atoms. The van der Waals surface area contributed by atoms with E-state index in [0.717, 1.165) is 24.3 Å². The van der Waals surface area contributed by atoms with Crippen molar-refractivity contribution in [2.45, 2.75) is 123 Å². The van der Waals surface area contributed by atoms with Crippen molar-refractivity contribution in [3.05, 3.63) is 30.1 Å². The second-order valence-corrected chi connectivity index (χ2v) is 10.9. The number of aromatic nitrogens is 1. The molecular weight excluding hydrogens is 635 g/mol. The van der Waals surface area contributed by atoms with E-state index in [1.807, 2.05) is 0 Å². The van der Waals surface area contributed by atoms with E-state index < -0.39 is 12.2 Å². The molecule has 0 aliphatic carbocycles. The molecule has 0 spiro atoms. The second-order valence-electron chi connectivity index (χ2n) is 10.9. The van der Waals surface area contributed by atoms with Gasteiger partial charge in [-0.3, -0.25) is 4.98 Å². The Hall–Kier alpha value is -1.46. The molecule has 1 aliphatic heterocycles. The number of carbonyl (C=O) groups excluding carboxylic acids is 2. The van der Waals surface area contributed by atoms with Crippen LogP contribution in [-0.4, -0.2) is 61.2 Å². The van der Waals surface area contributed by atoms with Gasteiger partial charge < -0.3 is 18.9 Å². The van der Waals surface area contributed by atoms with Crippen molar-refractivity contribution in [2.24, 2.45) is 5.92 Å². The molecule has 0 N–H and O–H groups in total. The van der Waals surface area contributed by atoms with Crippen LogP contribution in [0.25, 0.3) is 0 Å². The Kier molecular flexibility index (Phi) is 23.0. The molecule has 1 aromatic heterocycles. The summed E-state index contributed by atoms with van der Waals surface area (Å²) in [5, 5.41) is 0. The van der Waals surface area contributed by atoms with Crippen molar-refractivity contribution in [1.29, 1.82) is 0 Å². The number of halogens is 1. The van der Waals surface area contributed by atoms with Crippen LogP contribution in [0.1, 0.15) is 116 Å². The van der Waals surface area contributed by atoms with Crippen LogP contribution in [0.5, 0.6) is 0 Å². The summed E-state index contributed by atoms with van der Waals surface area (Å²) in [4.78, 5) is 30.0. The quantitative estimate of drug-likeness (QED) is 0.0889. The van der Waals surface area contributed by atoms with Gasteiger partial charge in [-0.1, -0.05) is 96.5 Å². The molecule has 1 fully saturated rings. The van der Waals surface area contributed by atoms with Gasteiger partial charge >= 0.3 is 12.2 Å². The molecule has 8 nitrogen and oxygen atoms in total. The molecular formula is C32H55IN2O6. The summed E-state index contributed by atoms with van der Waals surface area (Å²) in [5.74, 6) is 0.296. The Balaban J connectivity index is 0.00000840. The standard InChI is InChI=1S/C32H54N2O6.HI/c1-3-5-6-7-8-9-10-11-12-13-14-15-16-19-22-37-25-28-23-30(39-26-28)27-40-32(36)34(31(35)38-4-2)24-29-20-17-18-21-33-29;/h17-18,20-21,28,30H,3-16,19,22-27H2,1-2H3;1H/t28-,30-;/m0./s1. The highest BCUT2D eigenvalue weighted by molar-refractivity contribution is 14.0. The number of amides is 2. The third-order valence-electron chi connectivity index (χ3n) is 7.31. The molecule has 0 saturated carbocycles. The summed E-state index contributed by atoms with van der Waals surface area (Å²) >= 11 is 0. The average molecular weight is 691 g/mol. The zero-order chi connectivity index (χ0) is 28.7. The molecule has 2 heterocycles. The lowest BCUT2D eigenvalue weighted by Gasteiger charge is -2.20. The van der Waals surface area contributed by atoms with Gasteiger partial charge in [-0.2, -0.15) is 0 Å². The summed E-state index contributed by atoms with van der Waals surface area (Å²) in [6.45, 7) is 6.25. The van der Waals surface area contributed by atoms with Gasteiger partial charge in [0.2, 0.25) is 0 Å². The molecule has 0 aromatic carbocycles. The monoisotopic (exact) mass is 690 g/mol. The minimum atomic E-state index is -0.759. The number of unbranched alkanes of at least 4 members (excludes halogenated alkanes) is 13. The Labute approximate surface area is 265 Å². The number of hydrogen-bond acceptors (Lipinski definition) is 7. The van der Waals surface area contributed by atoms with Crippen LogP contribution >= 0.6 is 24.0 Å². The molecule has 1 aromatic rings. The maximum Gasteiger partial charge on any atom is 0.419 e. The maximum atomic E-state index is 12.6. The van der Waals surface area contributed by atoms with Gasteiger partial charge in [-0.05, 0) is 31.9 Å². The van der Waals surface area contributed by atoms with Crippen molar-refractivity contribution < 1.29 is 28.5 Å². The van der Waals surface area contributed by atoms with E-state index in [4.69, 9.17) is 18.9 Å². The number of ether oxygens (including phenoxy) is 4. The molecule has 2 rings (SSSR count). The number of hydrogen-bond donors (Lipinski definition) is 0. The largest absolute Gasteiger partial charge is 0.449 e. The molecule has 236 valence electrons. The van der Waals surface area contributed by atoms with Crippen molar-refractivity contribution in [1.82, 2.24) is 9.88 Å². The van der Waals surface area contributed by atoms with Crippen LogP contribution in [0.4, 0.5) is 9.59 Å². The molecule has 0 radical (unpaired) electrons. The number of rotatable bonds is 22. The molecule has 9 heteroatoms. The Bertz CT molecular complexity index is 785. The third-order valence-corrected chi connectivity index (χ3v) is 7.31. The Morgan fingerprint density at radius 2 is 1.46 bits per heavy atom. The lowest BCUT2D eigenvalue weighted by molar-refractivity contribution is 0.0245. The van der Waals surface area contributed by atoms with E-state index in [0.29, 0.717) is 24.8 Å². The highest BCUT2D eigenvalue weighted by Crippen LogP contribution is 2.21. The fourth-order valence-corrected chi connectivity index (χ4v) is 4.96. The fraction of sp³-hybridized carbons (Fsp3) is 0.781. The first kappa shape index (κ1) is 37.6. The van der Waals surface area contributed by atoms with Crippen LogP contribution in [0.2, 0.25) is 0 Å². The summed E-state index contributed by atoms with van der Waals surface area (Å²) in [6.07, 6.45) is 19.6. The molecule has 2 atom stereocenters. The summed E-state index contributed by atoms with van der Waals surface area (Å²) < 4.78 is 22.1. The van der Waals surface area contributed by atoms with Crippen molar-refractivity contribution in [3.63, 3.8) is 0 Å². The predicted octanol–water partition coefficient (Wildman–Crippen LogP) is 8.70. The number of carbonyl (C=O) groups is 2. The van der Waals surface area contributed by atoms with Crippen molar-refractivity contribution >= 4 is 36.2 Å². The average Bonchev–Trinajstić information content (AvgIpc) is 3.42. The van der Waals surface area contributed by atoms with Crippen LogP contribution in [0.15, 0.2) is 24.4 Å². The second kappa shape index (κ2) is 25.1. The molecule has 2 amide bonds. The van der Waals surface area contributed by atoms with E-state index in [1.165, 1.54) is 83.5 Å². The normalized spacial score (nSPS) is 16.2. The zero-order valence-corrected chi connectivity index (χ0v) is 27.9. The lowest BCUT2D eigenvalue weighted by Crippen LogP contribution is -2.38. The van der Waals surface area contributed by atoms with Gasteiger partial charge in [0.15, 0.2) is 0 Å². The SMILES string of the molecule is CCCCCCCCCCCCCCCCOC[C@H]1CO[C@H](COC(=O)N(Cc2ccccn2)C(=O)OCC)C1.I. The lowest BCUT2D eigenvalue weighted by atomic mass is 10.0. The summed E-state index contributed by atoms with van der Waals surface area (Å²) in [6, 6.07) is 5.31. The minimum absolute atomic E-state index is 0. The number of imide groups is 1. The van der Waals surface area contributed by atoms with Crippen LogP contribution < -0.4 is 0 Å². The topological polar surface area (TPSA) is 87.2 Å². The van der Waals surface area contributed by atoms with E-state index in [1.54, 1.807) is 31.3 Å². The Morgan fingerprint density at radius 1 is 0.854 bits per heavy atom. The maximum absolute atomic E-state index is 12.6. The number of nitrogens with zero attached hydrogens (tertiary/aromatic N) is 2. The van der Waals surface area contributed by atoms with Crippen LogP contribution in [-0.2, 0) is 25.5 Å². The van der Waals surface area contributed by atoms with E-state index in [2.05, 4.69) is 11.9 Å². The first-order valence-corrected chi connectivity index (χ1v) is 15.8. The van der Waals surface area contributed by atoms with E-state index in [9.17, 15) is 9.59 Å². The van der Waals surface area contributed by atoms with Gasteiger partial charge in [-0.15, -0.1) is 24.0 Å². The zero-order valence-electron chi connectivity index (χ0n) is 25.6.